The number of ether oxygens (including phenoxy) is 1. The van der Waals surface area contributed by atoms with Crippen molar-refractivity contribution in [2.45, 2.75) is 46.6 Å². The van der Waals surface area contributed by atoms with Crippen LogP contribution in [-0.2, 0) is 16.0 Å². The summed E-state index contributed by atoms with van der Waals surface area (Å²) in [7, 11) is 0. The molecule has 0 aliphatic rings. The van der Waals surface area contributed by atoms with Crippen molar-refractivity contribution in [3.05, 3.63) is 42.1 Å². The van der Waals surface area contributed by atoms with E-state index in [1.807, 2.05) is 33.8 Å². The second-order valence-corrected chi connectivity index (χ2v) is 6.90. The molecule has 6 heteroatoms. The molecular weight excluding hydrogens is 330 g/mol. The van der Waals surface area contributed by atoms with Gasteiger partial charge in [0.15, 0.2) is 0 Å². The second-order valence-electron chi connectivity index (χ2n) is 6.90. The normalized spacial score (nSPS) is 11.1. The smallest absolute Gasteiger partial charge is 0.419 e. The Morgan fingerprint density at radius 3 is 2.58 bits per heavy atom. The molecule has 138 valence electrons. The minimum Gasteiger partial charge on any atom is -0.443 e. The van der Waals surface area contributed by atoms with E-state index in [-0.39, 0.29) is 5.91 Å². The van der Waals surface area contributed by atoms with Gasteiger partial charge in [-0.1, -0.05) is 19.6 Å². The van der Waals surface area contributed by atoms with Gasteiger partial charge in [-0.15, -0.1) is 0 Å². The average molecular weight is 355 g/mol. The third-order valence-electron chi connectivity index (χ3n) is 3.59. The van der Waals surface area contributed by atoms with E-state index in [9.17, 15) is 9.59 Å². The summed E-state index contributed by atoms with van der Waals surface area (Å²) in [5, 5.41) is 2.66. The molecule has 0 aromatic carbocycles. The van der Waals surface area contributed by atoms with Gasteiger partial charge < -0.3 is 10.1 Å². The van der Waals surface area contributed by atoms with Crippen molar-refractivity contribution in [2.75, 3.05) is 5.32 Å². The summed E-state index contributed by atoms with van der Waals surface area (Å²) in [6, 6.07) is 7.16. The summed E-state index contributed by atoms with van der Waals surface area (Å²) in [6.45, 7) is 12.7. The highest BCUT2D eigenvalue weighted by Crippen LogP contribution is 2.28. The van der Waals surface area contributed by atoms with Gasteiger partial charge in [-0.3, -0.25) is 4.79 Å². The van der Waals surface area contributed by atoms with Crippen LogP contribution < -0.4 is 5.32 Å². The number of aromatic nitrogens is 2. The molecule has 0 aliphatic heterocycles. The van der Waals surface area contributed by atoms with Crippen LogP contribution in [0.5, 0.6) is 0 Å². The van der Waals surface area contributed by atoms with Gasteiger partial charge in [-0.2, -0.15) is 0 Å². The molecule has 0 fully saturated rings. The van der Waals surface area contributed by atoms with E-state index >= 15 is 0 Å². The standard InChI is InChI=1S/C20H25N3O3/c1-7-14-12-17(15-10-9-11-18(22-15)21-13(3)24)23(16(14)8-2)19(25)26-20(4,5)6/h8-12H,2,7H2,1,3-6H3,(H,21,22,24). The van der Waals surface area contributed by atoms with Gasteiger partial charge >= 0.3 is 6.09 Å². The summed E-state index contributed by atoms with van der Waals surface area (Å²) in [6.07, 6.45) is 1.88. The first-order valence-corrected chi connectivity index (χ1v) is 8.51. The molecule has 2 heterocycles. The lowest BCUT2D eigenvalue weighted by molar-refractivity contribution is -0.114. The minimum atomic E-state index is -0.630. The number of pyridine rings is 1. The van der Waals surface area contributed by atoms with Crippen LogP contribution in [0.4, 0.5) is 10.6 Å². The number of hydrogen-bond donors (Lipinski definition) is 1. The number of anilines is 1. The lowest BCUT2D eigenvalue weighted by Gasteiger charge is -2.21. The van der Waals surface area contributed by atoms with Gasteiger partial charge in [0.1, 0.15) is 11.4 Å². The molecule has 0 bridgehead atoms. The highest BCUT2D eigenvalue weighted by Gasteiger charge is 2.24. The molecule has 6 nitrogen and oxygen atoms in total. The first-order chi connectivity index (χ1) is 12.2. The van der Waals surface area contributed by atoms with Gasteiger partial charge in [-0.05, 0) is 57.0 Å². The zero-order chi connectivity index (χ0) is 19.5. The molecule has 26 heavy (non-hydrogen) atoms. The highest BCUT2D eigenvalue weighted by molar-refractivity contribution is 5.88. The van der Waals surface area contributed by atoms with Crippen LogP contribution in [0.25, 0.3) is 17.5 Å². The van der Waals surface area contributed by atoms with Crippen molar-refractivity contribution in [2.24, 2.45) is 0 Å². The van der Waals surface area contributed by atoms with Gasteiger partial charge in [0.25, 0.3) is 0 Å². The quantitative estimate of drug-likeness (QED) is 0.876. The van der Waals surface area contributed by atoms with Crippen LogP contribution in [0, 0.1) is 0 Å². The number of carbonyl (C=O) groups is 2. The molecule has 1 N–H and O–H groups in total. The summed E-state index contributed by atoms with van der Waals surface area (Å²) in [5.41, 5.74) is 2.17. The number of carbonyl (C=O) groups excluding carboxylic acids is 2. The van der Waals surface area contributed by atoms with E-state index < -0.39 is 11.7 Å². The summed E-state index contributed by atoms with van der Waals surface area (Å²) < 4.78 is 7.04. The maximum Gasteiger partial charge on any atom is 0.419 e. The molecule has 0 atom stereocenters. The van der Waals surface area contributed by atoms with E-state index in [1.54, 1.807) is 24.3 Å². The molecule has 0 spiro atoms. The maximum atomic E-state index is 12.8. The minimum absolute atomic E-state index is 0.210. The first kappa shape index (κ1) is 19.4. The van der Waals surface area contributed by atoms with E-state index in [4.69, 9.17) is 4.74 Å². The highest BCUT2D eigenvalue weighted by atomic mass is 16.6. The van der Waals surface area contributed by atoms with Gasteiger partial charge in [0.05, 0.1) is 17.1 Å². The van der Waals surface area contributed by atoms with Crippen LogP contribution in [-0.4, -0.2) is 27.2 Å². The molecule has 1 amide bonds. The molecule has 0 unspecified atom stereocenters. The Balaban J connectivity index is 2.61. The molecule has 0 radical (unpaired) electrons. The lowest BCUT2D eigenvalue weighted by Crippen LogP contribution is -2.28. The molecule has 2 aromatic rings. The Kier molecular flexibility index (Phi) is 5.65. The topological polar surface area (TPSA) is 73.2 Å². The van der Waals surface area contributed by atoms with Crippen molar-refractivity contribution in [3.8, 4) is 11.4 Å². The number of nitrogens with one attached hydrogen (secondary N) is 1. The first-order valence-electron chi connectivity index (χ1n) is 8.51. The van der Waals surface area contributed by atoms with Crippen molar-refractivity contribution in [1.29, 1.82) is 0 Å². The summed E-state index contributed by atoms with van der Waals surface area (Å²) in [4.78, 5) is 28.6. The molecule has 2 rings (SSSR count). The van der Waals surface area contributed by atoms with Gasteiger partial charge in [-0.25, -0.2) is 14.3 Å². The van der Waals surface area contributed by atoms with Crippen molar-refractivity contribution < 1.29 is 14.3 Å². The van der Waals surface area contributed by atoms with E-state index in [0.717, 1.165) is 12.0 Å². The summed E-state index contributed by atoms with van der Waals surface area (Å²) in [5.74, 6) is 0.211. The molecule has 0 saturated heterocycles. The van der Waals surface area contributed by atoms with Crippen LogP contribution in [0.3, 0.4) is 0 Å². The predicted octanol–water partition coefficient (Wildman–Crippen LogP) is 4.50. The maximum absolute atomic E-state index is 12.8. The predicted molar refractivity (Wildman–Crippen MR) is 103 cm³/mol. The number of aryl methyl sites for hydroxylation is 1. The van der Waals surface area contributed by atoms with Gasteiger partial charge in [0, 0.05) is 6.92 Å². The zero-order valence-corrected chi connectivity index (χ0v) is 15.9. The number of nitrogens with zero attached hydrogens (tertiary/aromatic N) is 2. The Labute approximate surface area is 153 Å². The molecule has 2 aromatic heterocycles. The zero-order valence-electron chi connectivity index (χ0n) is 15.9. The average Bonchev–Trinajstić information content (AvgIpc) is 2.91. The fourth-order valence-electron chi connectivity index (χ4n) is 2.60. The number of rotatable bonds is 4. The van der Waals surface area contributed by atoms with Gasteiger partial charge in [0.2, 0.25) is 5.91 Å². The van der Waals surface area contributed by atoms with Crippen molar-refractivity contribution in [3.63, 3.8) is 0 Å². The Morgan fingerprint density at radius 2 is 2.04 bits per heavy atom. The van der Waals surface area contributed by atoms with E-state index in [1.165, 1.54) is 11.5 Å². The van der Waals surface area contributed by atoms with Crippen molar-refractivity contribution >= 4 is 23.9 Å². The van der Waals surface area contributed by atoms with Crippen LogP contribution in [0.15, 0.2) is 30.8 Å². The third kappa shape index (κ3) is 4.39. The van der Waals surface area contributed by atoms with Crippen LogP contribution in [0.2, 0.25) is 0 Å². The molecular formula is C20H25N3O3. The van der Waals surface area contributed by atoms with Crippen molar-refractivity contribution in [1.82, 2.24) is 9.55 Å². The third-order valence-corrected chi connectivity index (χ3v) is 3.59. The monoisotopic (exact) mass is 355 g/mol. The molecule has 0 saturated carbocycles. The Hall–Kier alpha value is -2.89. The Bertz CT molecular complexity index is 844. The Morgan fingerprint density at radius 1 is 1.35 bits per heavy atom. The fraction of sp³-hybridized carbons (Fsp3) is 0.350. The summed E-state index contributed by atoms with van der Waals surface area (Å²) >= 11 is 0. The number of hydrogen-bond acceptors (Lipinski definition) is 4. The fourth-order valence-corrected chi connectivity index (χ4v) is 2.60. The molecule has 0 aliphatic carbocycles. The second kappa shape index (κ2) is 7.56. The van der Waals surface area contributed by atoms with Crippen LogP contribution in [0.1, 0.15) is 45.9 Å². The number of amides is 1. The van der Waals surface area contributed by atoms with E-state index in [0.29, 0.717) is 22.9 Å². The van der Waals surface area contributed by atoms with Crippen LogP contribution >= 0.6 is 0 Å². The van der Waals surface area contributed by atoms with E-state index in [2.05, 4.69) is 16.9 Å². The largest absolute Gasteiger partial charge is 0.443 e. The SMILES string of the molecule is C=Cc1c(CC)cc(-c2cccc(NC(C)=O)n2)n1C(=O)OC(C)(C)C. The lowest BCUT2D eigenvalue weighted by atomic mass is 10.1.